The minimum atomic E-state index is -0.908. The van der Waals surface area contributed by atoms with Gasteiger partial charge in [0.15, 0.2) is 0 Å². The van der Waals surface area contributed by atoms with Gasteiger partial charge in [-0.2, -0.15) is 0 Å². The maximum absolute atomic E-state index is 14.4. The van der Waals surface area contributed by atoms with Gasteiger partial charge in [0.05, 0.1) is 24.5 Å². The van der Waals surface area contributed by atoms with Gasteiger partial charge in [-0.1, -0.05) is 80.6 Å². The molecule has 0 bridgehead atoms. The molecule has 0 aromatic heterocycles. The number of benzene rings is 4. The van der Waals surface area contributed by atoms with E-state index in [4.69, 9.17) is 0 Å². The van der Waals surface area contributed by atoms with Crippen molar-refractivity contribution in [1.29, 1.82) is 0 Å². The van der Waals surface area contributed by atoms with Crippen molar-refractivity contribution < 1.29 is 14.4 Å². The molecule has 2 aliphatic rings. The molecule has 1 heterocycles. The fourth-order valence-electron chi connectivity index (χ4n) is 5.91. The summed E-state index contributed by atoms with van der Waals surface area (Å²) in [6.45, 7) is 6.20. The Labute approximate surface area is 246 Å². The summed E-state index contributed by atoms with van der Waals surface area (Å²) >= 11 is 0. The minimum absolute atomic E-state index is 0.0389. The number of fused-ring (bicyclic) bond motifs is 3. The lowest BCUT2D eigenvalue weighted by Crippen LogP contribution is -2.53. The van der Waals surface area contributed by atoms with Crippen molar-refractivity contribution in [3.63, 3.8) is 0 Å². The molecule has 1 N–H and O–H groups in total. The summed E-state index contributed by atoms with van der Waals surface area (Å²) in [5.41, 5.74) is 6.18. The molecule has 0 fully saturated rings. The standard InChI is InChI=1S/C36H35N3O3/c1-4-23(2)34(40)37-31-22-39(35(41)28-19-18-25-11-9-12-27(25)20-28)33-15-8-7-14-32(33)38(36(31)42)21-30-24(3)16-17-26-10-5-6-13-29(26)30/h5-11,13-20,23,31H,4,12,21-22H2,1-3H3,(H,37,40)/t23-,31+/m1/s1. The van der Waals surface area contributed by atoms with Crippen LogP contribution in [-0.2, 0) is 22.6 Å². The van der Waals surface area contributed by atoms with Gasteiger partial charge in [-0.15, -0.1) is 0 Å². The molecular formula is C36H35N3O3. The lowest BCUT2D eigenvalue weighted by molar-refractivity contribution is -0.129. The molecule has 0 saturated carbocycles. The average molecular weight is 558 g/mol. The SMILES string of the molecule is CC[C@@H](C)C(=O)N[C@H]1CN(C(=O)c2ccc3c(c2)CC=C3)c2ccccc2N(Cc2c(C)ccc3ccccc23)C1=O. The number of nitrogens with zero attached hydrogens (tertiary/aromatic N) is 2. The van der Waals surface area contributed by atoms with Crippen LogP contribution in [0.3, 0.4) is 0 Å². The fourth-order valence-corrected chi connectivity index (χ4v) is 5.91. The minimum Gasteiger partial charge on any atom is -0.342 e. The summed E-state index contributed by atoms with van der Waals surface area (Å²) in [7, 11) is 0. The van der Waals surface area contributed by atoms with Gasteiger partial charge in [-0.05, 0) is 77.1 Å². The topological polar surface area (TPSA) is 69.7 Å². The normalized spacial score (nSPS) is 16.6. The van der Waals surface area contributed by atoms with Crippen molar-refractivity contribution in [2.24, 2.45) is 5.92 Å². The predicted octanol–water partition coefficient (Wildman–Crippen LogP) is 6.44. The number of hydrogen-bond acceptors (Lipinski definition) is 3. The highest BCUT2D eigenvalue weighted by atomic mass is 16.2. The van der Waals surface area contributed by atoms with E-state index in [-0.39, 0.29) is 30.2 Å². The van der Waals surface area contributed by atoms with Crippen molar-refractivity contribution in [1.82, 2.24) is 5.32 Å². The summed E-state index contributed by atoms with van der Waals surface area (Å²) in [5, 5.41) is 5.18. The Kier molecular flexibility index (Phi) is 7.38. The number of allylic oxidation sites excluding steroid dienone is 1. The molecule has 0 radical (unpaired) electrons. The average Bonchev–Trinajstić information content (AvgIpc) is 3.46. The van der Waals surface area contributed by atoms with E-state index in [9.17, 15) is 14.4 Å². The lowest BCUT2D eigenvalue weighted by atomic mass is 9.99. The molecule has 2 atom stereocenters. The molecular weight excluding hydrogens is 522 g/mol. The van der Waals surface area contributed by atoms with Gasteiger partial charge in [0, 0.05) is 11.5 Å². The van der Waals surface area contributed by atoms with Crippen LogP contribution in [0.1, 0.15) is 52.9 Å². The van der Waals surface area contributed by atoms with Crippen molar-refractivity contribution in [3.05, 3.63) is 113 Å². The van der Waals surface area contributed by atoms with Crippen molar-refractivity contribution in [2.45, 2.75) is 46.2 Å². The number of carbonyl (C=O) groups excluding carboxylic acids is 3. The first-order chi connectivity index (χ1) is 20.4. The number of nitrogens with one attached hydrogen (secondary N) is 1. The number of hydrogen-bond donors (Lipinski definition) is 1. The maximum atomic E-state index is 14.4. The van der Waals surface area contributed by atoms with E-state index < -0.39 is 6.04 Å². The van der Waals surface area contributed by atoms with Crippen molar-refractivity contribution >= 4 is 45.9 Å². The van der Waals surface area contributed by atoms with Crippen LogP contribution < -0.4 is 15.1 Å². The van der Waals surface area contributed by atoms with Gasteiger partial charge < -0.3 is 15.1 Å². The van der Waals surface area contributed by atoms with Crippen LogP contribution in [0.25, 0.3) is 16.8 Å². The Hall–Kier alpha value is -4.71. The van der Waals surface area contributed by atoms with Crippen LogP contribution in [0.4, 0.5) is 11.4 Å². The van der Waals surface area contributed by atoms with Crippen LogP contribution in [0, 0.1) is 12.8 Å². The summed E-state index contributed by atoms with van der Waals surface area (Å²) in [4.78, 5) is 45.2. The van der Waals surface area contributed by atoms with E-state index in [1.807, 2.05) is 68.4 Å². The van der Waals surface area contributed by atoms with Gasteiger partial charge in [0.1, 0.15) is 6.04 Å². The Bertz CT molecular complexity index is 1740. The zero-order valence-electron chi connectivity index (χ0n) is 24.3. The largest absolute Gasteiger partial charge is 0.342 e. The molecule has 6 nitrogen and oxygen atoms in total. The summed E-state index contributed by atoms with van der Waals surface area (Å²) in [6.07, 6.45) is 5.60. The molecule has 0 unspecified atom stereocenters. The van der Waals surface area contributed by atoms with Crippen LogP contribution in [0.5, 0.6) is 0 Å². The number of rotatable bonds is 6. The molecule has 4 aromatic carbocycles. The summed E-state index contributed by atoms with van der Waals surface area (Å²) in [6, 6.07) is 24.7. The highest BCUT2D eigenvalue weighted by Crippen LogP contribution is 2.36. The van der Waals surface area contributed by atoms with E-state index in [1.54, 1.807) is 9.80 Å². The van der Waals surface area contributed by atoms with E-state index >= 15 is 0 Å². The Morgan fingerprint density at radius 1 is 0.976 bits per heavy atom. The third-order valence-corrected chi connectivity index (χ3v) is 8.63. The molecule has 0 spiro atoms. The number of anilines is 2. The Morgan fingerprint density at radius 3 is 2.55 bits per heavy atom. The number of carbonyl (C=O) groups is 3. The second-order valence-corrected chi connectivity index (χ2v) is 11.3. The van der Waals surface area contributed by atoms with Crippen LogP contribution in [-0.4, -0.2) is 30.3 Å². The monoisotopic (exact) mass is 557 g/mol. The third-order valence-electron chi connectivity index (χ3n) is 8.63. The highest BCUT2D eigenvalue weighted by molar-refractivity contribution is 6.13. The van der Waals surface area contributed by atoms with E-state index in [1.165, 1.54) is 0 Å². The van der Waals surface area contributed by atoms with Crippen LogP contribution in [0.2, 0.25) is 0 Å². The predicted molar refractivity (Wildman–Crippen MR) is 169 cm³/mol. The molecule has 212 valence electrons. The third kappa shape index (κ3) is 4.98. The molecule has 1 aliphatic carbocycles. The summed E-state index contributed by atoms with van der Waals surface area (Å²) in [5.74, 6) is -0.888. The maximum Gasteiger partial charge on any atom is 0.258 e. The Morgan fingerprint density at radius 2 is 1.74 bits per heavy atom. The van der Waals surface area contributed by atoms with Gasteiger partial charge in [0.25, 0.3) is 11.8 Å². The van der Waals surface area contributed by atoms with Gasteiger partial charge in [-0.3, -0.25) is 14.4 Å². The van der Waals surface area contributed by atoms with Gasteiger partial charge >= 0.3 is 0 Å². The molecule has 6 rings (SSSR count). The molecule has 1 aliphatic heterocycles. The van der Waals surface area contributed by atoms with Crippen molar-refractivity contribution in [2.75, 3.05) is 16.3 Å². The molecule has 6 heteroatoms. The second kappa shape index (κ2) is 11.3. The molecule has 42 heavy (non-hydrogen) atoms. The Balaban J connectivity index is 1.46. The number of amides is 3. The quantitative estimate of drug-likeness (QED) is 0.297. The molecule has 0 saturated heterocycles. The zero-order valence-corrected chi connectivity index (χ0v) is 24.3. The zero-order chi connectivity index (χ0) is 29.4. The first-order valence-corrected chi connectivity index (χ1v) is 14.6. The van der Waals surface area contributed by atoms with Crippen LogP contribution >= 0.6 is 0 Å². The first-order valence-electron chi connectivity index (χ1n) is 14.6. The second-order valence-electron chi connectivity index (χ2n) is 11.3. The number of para-hydroxylation sites is 2. The van der Waals surface area contributed by atoms with Gasteiger partial charge in [-0.25, -0.2) is 0 Å². The van der Waals surface area contributed by atoms with E-state index in [0.29, 0.717) is 29.9 Å². The molecule has 4 aromatic rings. The number of aryl methyl sites for hydroxylation is 1. The van der Waals surface area contributed by atoms with E-state index in [2.05, 4.69) is 48.7 Å². The van der Waals surface area contributed by atoms with Crippen molar-refractivity contribution in [3.8, 4) is 0 Å². The van der Waals surface area contributed by atoms with Crippen LogP contribution in [0.15, 0.2) is 84.9 Å². The summed E-state index contributed by atoms with van der Waals surface area (Å²) < 4.78 is 0. The van der Waals surface area contributed by atoms with Gasteiger partial charge in [0.2, 0.25) is 5.91 Å². The fraction of sp³-hybridized carbons (Fsp3) is 0.250. The lowest BCUT2D eigenvalue weighted by Gasteiger charge is -2.27. The molecule has 3 amide bonds. The van der Waals surface area contributed by atoms with E-state index in [0.717, 1.165) is 39.4 Å². The smallest absolute Gasteiger partial charge is 0.258 e. The first kappa shape index (κ1) is 27.5. The highest BCUT2D eigenvalue weighted by Gasteiger charge is 2.38.